The molecule has 0 radical (unpaired) electrons. The first kappa shape index (κ1) is 18.1. The van der Waals surface area contributed by atoms with Crippen LogP contribution in [0.3, 0.4) is 0 Å². The van der Waals surface area contributed by atoms with E-state index in [2.05, 4.69) is 5.32 Å². The molecule has 0 aliphatic heterocycles. The Balaban J connectivity index is 2.39. The van der Waals surface area contributed by atoms with Crippen molar-refractivity contribution in [1.82, 2.24) is 0 Å². The molecule has 2 N–H and O–H groups in total. The molecule has 0 spiro atoms. The van der Waals surface area contributed by atoms with Gasteiger partial charge in [-0.25, -0.2) is 4.79 Å². The molecule has 0 aliphatic rings. The topological polar surface area (TPSA) is 94.1 Å². The third kappa shape index (κ3) is 3.65. The number of ether oxygens (including phenoxy) is 3. The summed E-state index contributed by atoms with van der Waals surface area (Å²) in [7, 11) is 4.39. The van der Waals surface area contributed by atoms with Gasteiger partial charge in [0.05, 0.1) is 26.9 Å². The number of aromatic carboxylic acids is 1. The van der Waals surface area contributed by atoms with E-state index < -0.39 is 11.9 Å². The highest BCUT2D eigenvalue weighted by atomic mass is 16.5. The van der Waals surface area contributed by atoms with Gasteiger partial charge in [0, 0.05) is 11.3 Å². The number of carboxylic acid groups (broad SMARTS) is 1. The Bertz CT molecular complexity index is 790. The number of carbonyl (C=O) groups excluding carboxylic acids is 1. The van der Waals surface area contributed by atoms with Crippen molar-refractivity contribution < 1.29 is 28.9 Å². The molecule has 0 bridgehead atoms. The molecule has 0 aliphatic carbocycles. The first-order valence-electron chi connectivity index (χ1n) is 7.37. The normalized spacial score (nSPS) is 10.1. The second-order valence-corrected chi connectivity index (χ2v) is 5.15. The molecule has 1 amide bonds. The summed E-state index contributed by atoms with van der Waals surface area (Å²) in [6.45, 7) is 1.63. The summed E-state index contributed by atoms with van der Waals surface area (Å²) in [5.74, 6) is -0.400. The minimum absolute atomic E-state index is 0.127. The summed E-state index contributed by atoms with van der Waals surface area (Å²) in [6, 6.07) is 7.73. The number of methoxy groups -OCH3 is 3. The molecule has 132 valence electrons. The summed E-state index contributed by atoms with van der Waals surface area (Å²) in [5, 5.41) is 11.9. The van der Waals surface area contributed by atoms with Crippen LogP contribution in [0, 0.1) is 6.92 Å². The average molecular weight is 345 g/mol. The van der Waals surface area contributed by atoms with E-state index in [1.165, 1.54) is 39.5 Å². The van der Waals surface area contributed by atoms with E-state index in [4.69, 9.17) is 14.2 Å². The van der Waals surface area contributed by atoms with Crippen molar-refractivity contribution in [3.63, 3.8) is 0 Å². The third-order valence-corrected chi connectivity index (χ3v) is 3.74. The van der Waals surface area contributed by atoms with Crippen LogP contribution in [-0.4, -0.2) is 38.3 Å². The lowest BCUT2D eigenvalue weighted by Gasteiger charge is -2.15. The van der Waals surface area contributed by atoms with Gasteiger partial charge in [0.25, 0.3) is 5.91 Å². The van der Waals surface area contributed by atoms with Gasteiger partial charge in [0.15, 0.2) is 11.5 Å². The van der Waals surface area contributed by atoms with Gasteiger partial charge in [0.2, 0.25) is 5.75 Å². The van der Waals surface area contributed by atoms with Crippen LogP contribution in [0.15, 0.2) is 30.3 Å². The molecule has 7 heteroatoms. The minimum Gasteiger partial charge on any atom is -0.493 e. The van der Waals surface area contributed by atoms with Crippen molar-refractivity contribution in [1.29, 1.82) is 0 Å². The van der Waals surface area contributed by atoms with E-state index in [9.17, 15) is 14.7 Å². The highest BCUT2D eigenvalue weighted by Crippen LogP contribution is 2.38. The van der Waals surface area contributed by atoms with Crippen LogP contribution in [0.5, 0.6) is 17.2 Å². The van der Waals surface area contributed by atoms with Crippen molar-refractivity contribution in [2.75, 3.05) is 26.6 Å². The number of nitrogens with one attached hydrogen (secondary N) is 1. The van der Waals surface area contributed by atoms with Crippen LogP contribution >= 0.6 is 0 Å². The van der Waals surface area contributed by atoms with Crippen LogP contribution in [0.25, 0.3) is 0 Å². The van der Waals surface area contributed by atoms with Gasteiger partial charge in [-0.15, -0.1) is 0 Å². The van der Waals surface area contributed by atoms with Crippen molar-refractivity contribution in [3.8, 4) is 17.2 Å². The quantitative estimate of drug-likeness (QED) is 0.836. The predicted molar refractivity (Wildman–Crippen MR) is 92.2 cm³/mol. The molecule has 0 heterocycles. The molecular formula is C18H19NO6. The van der Waals surface area contributed by atoms with Gasteiger partial charge in [0.1, 0.15) is 0 Å². The number of hydrogen-bond donors (Lipinski definition) is 2. The zero-order chi connectivity index (χ0) is 18.6. The molecule has 25 heavy (non-hydrogen) atoms. The molecule has 0 saturated carbocycles. The zero-order valence-electron chi connectivity index (χ0n) is 14.4. The molecule has 0 atom stereocenters. The summed E-state index contributed by atoms with van der Waals surface area (Å²) in [4.78, 5) is 23.8. The van der Waals surface area contributed by atoms with Crippen molar-refractivity contribution in [3.05, 3.63) is 47.0 Å². The smallest absolute Gasteiger partial charge is 0.336 e. The number of carboxylic acids is 1. The number of benzene rings is 2. The Morgan fingerprint density at radius 2 is 1.60 bits per heavy atom. The summed E-state index contributed by atoms with van der Waals surface area (Å²) in [6.07, 6.45) is 0. The molecular weight excluding hydrogens is 326 g/mol. The second kappa shape index (κ2) is 7.57. The lowest BCUT2D eigenvalue weighted by molar-refractivity contribution is 0.0695. The molecule has 2 rings (SSSR count). The van der Waals surface area contributed by atoms with Crippen LogP contribution in [0.2, 0.25) is 0 Å². The zero-order valence-corrected chi connectivity index (χ0v) is 14.4. The minimum atomic E-state index is -1.05. The maximum absolute atomic E-state index is 12.6. The van der Waals surface area contributed by atoms with Crippen LogP contribution in [-0.2, 0) is 0 Å². The molecule has 0 unspecified atom stereocenters. The Labute approximate surface area is 145 Å². The monoisotopic (exact) mass is 345 g/mol. The van der Waals surface area contributed by atoms with E-state index in [-0.39, 0.29) is 11.1 Å². The number of carbonyl (C=O) groups is 2. The van der Waals surface area contributed by atoms with Gasteiger partial charge >= 0.3 is 5.97 Å². The number of hydrogen-bond acceptors (Lipinski definition) is 5. The molecule has 0 aromatic heterocycles. The predicted octanol–water partition coefficient (Wildman–Crippen LogP) is 2.97. The lowest BCUT2D eigenvalue weighted by Crippen LogP contribution is -2.14. The maximum Gasteiger partial charge on any atom is 0.336 e. The Morgan fingerprint density at radius 1 is 1.00 bits per heavy atom. The molecule has 0 saturated heterocycles. The van der Waals surface area contributed by atoms with Gasteiger partial charge in [-0.3, -0.25) is 4.79 Å². The van der Waals surface area contributed by atoms with E-state index in [0.29, 0.717) is 28.5 Å². The SMILES string of the molecule is COc1cc(C(=O)Nc2cccc(C(=O)O)c2C)cc(OC)c1OC. The van der Waals surface area contributed by atoms with Crippen molar-refractivity contribution >= 4 is 17.6 Å². The van der Waals surface area contributed by atoms with Crippen LogP contribution in [0.1, 0.15) is 26.3 Å². The highest BCUT2D eigenvalue weighted by molar-refractivity contribution is 6.06. The van der Waals surface area contributed by atoms with Crippen molar-refractivity contribution in [2.45, 2.75) is 6.92 Å². The van der Waals surface area contributed by atoms with E-state index in [1.54, 1.807) is 19.1 Å². The second-order valence-electron chi connectivity index (χ2n) is 5.15. The fraction of sp³-hybridized carbons (Fsp3) is 0.222. The highest BCUT2D eigenvalue weighted by Gasteiger charge is 2.18. The van der Waals surface area contributed by atoms with E-state index >= 15 is 0 Å². The van der Waals surface area contributed by atoms with E-state index in [0.717, 1.165) is 0 Å². The maximum atomic E-state index is 12.6. The fourth-order valence-corrected chi connectivity index (χ4v) is 2.41. The first-order valence-corrected chi connectivity index (χ1v) is 7.37. The average Bonchev–Trinajstić information content (AvgIpc) is 2.61. The largest absolute Gasteiger partial charge is 0.493 e. The lowest BCUT2D eigenvalue weighted by atomic mass is 10.1. The fourth-order valence-electron chi connectivity index (χ4n) is 2.41. The van der Waals surface area contributed by atoms with Gasteiger partial charge in [-0.1, -0.05) is 6.07 Å². The summed E-state index contributed by atoms with van der Waals surface area (Å²) >= 11 is 0. The first-order chi connectivity index (χ1) is 11.9. The number of rotatable bonds is 6. The Kier molecular flexibility index (Phi) is 5.49. The third-order valence-electron chi connectivity index (χ3n) is 3.74. The standard InChI is InChI=1S/C18H19NO6/c1-10-12(18(21)22)6-5-7-13(10)19-17(20)11-8-14(23-2)16(25-4)15(9-11)24-3/h5-9H,1-4H3,(H,19,20)(H,21,22). The van der Waals surface area contributed by atoms with E-state index in [1.807, 2.05) is 0 Å². The van der Waals surface area contributed by atoms with Gasteiger partial charge in [-0.05, 0) is 36.8 Å². The molecule has 0 fully saturated rings. The van der Waals surface area contributed by atoms with Crippen LogP contribution in [0.4, 0.5) is 5.69 Å². The molecule has 2 aromatic carbocycles. The molecule has 2 aromatic rings. The molecule has 7 nitrogen and oxygen atoms in total. The summed E-state index contributed by atoms with van der Waals surface area (Å²) in [5.41, 5.74) is 1.30. The number of anilines is 1. The van der Waals surface area contributed by atoms with Crippen LogP contribution < -0.4 is 19.5 Å². The summed E-state index contributed by atoms with van der Waals surface area (Å²) < 4.78 is 15.7. The van der Waals surface area contributed by atoms with Gasteiger partial charge < -0.3 is 24.6 Å². The van der Waals surface area contributed by atoms with Gasteiger partial charge in [-0.2, -0.15) is 0 Å². The van der Waals surface area contributed by atoms with Crippen molar-refractivity contribution in [2.24, 2.45) is 0 Å². The number of amides is 1. The Morgan fingerprint density at radius 3 is 2.08 bits per heavy atom. The Hall–Kier alpha value is -3.22.